The van der Waals surface area contributed by atoms with Gasteiger partial charge >= 0.3 is 6.09 Å². The molecule has 0 aromatic rings. The molecule has 1 amide bonds. The SMILES string of the molecule is CC(C)(C)C[C@H]1CC[C@@H](NC(=O)OC(C)(C)C)CC1. The van der Waals surface area contributed by atoms with Gasteiger partial charge in [-0.05, 0) is 64.2 Å². The van der Waals surface area contributed by atoms with Crippen LogP contribution >= 0.6 is 0 Å². The molecule has 3 nitrogen and oxygen atoms in total. The highest BCUT2D eigenvalue weighted by Crippen LogP contribution is 2.34. The van der Waals surface area contributed by atoms with Gasteiger partial charge in [0, 0.05) is 6.04 Å². The van der Waals surface area contributed by atoms with Crippen LogP contribution in [-0.2, 0) is 4.74 Å². The minimum Gasteiger partial charge on any atom is -0.444 e. The first kappa shape index (κ1) is 16.3. The van der Waals surface area contributed by atoms with Crippen molar-refractivity contribution in [2.75, 3.05) is 0 Å². The van der Waals surface area contributed by atoms with Crippen LogP contribution in [0.25, 0.3) is 0 Å². The standard InChI is InChI=1S/C16H31NO2/c1-15(2,3)11-12-7-9-13(10-8-12)17-14(18)19-16(4,5)6/h12-13H,7-11H2,1-6H3,(H,17,18)/t12-,13+. The van der Waals surface area contributed by atoms with Crippen LogP contribution in [0.1, 0.15) is 73.6 Å². The highest BCUT2D eigenvalue weighted by molar-refractivity contribution is 5.68. The Morgan fingerprint density at radius 2 is 1.58 bits per heavy atom. The van der Waals surface area contributed by atoms with Crippen molar-refractivity contribution in [3.05, 3.63) is 0 Å². The maximum atomic E-state index is 11.7. The molecule has 0 radical (unpaired) electrons. The molecular weight excluding hydrogens is 238 g/mol. The van der Waals surface area contributed by atoms with Crippen molar-refractivity contribution < 1.29 is 9.53 Å². The summed E-state index contributed by atoms with van der Waals surface area (Å²) in [4.78, 5) is 11.7. The van der Waals surface area contributed by atoms with Gasteiger partial charge in [-0.2, -0.15) is 0 Å². The van der Waals surface area contributed by atoms with Crippen LogP contribution in [0.4, 0.5) is 4.79 Å². The van der Waals surface area contributed by atoms with E-state index in [0.29, 0.717) is 11.5 Å². The summed E-state index contributed by atoms with van der Waals surface area (Å²) in [6, 6.07) is 0.297. The van der Waals surface area contributed by atoms with Crippen LogP contribution in [-0.4, -0.2) is 17.7 Å². The van der Waals surface area contributed by atoms with Gasteiger partial charge in [-0.1, -0.05) is 20.8 Å². The number of hydrogen-bond donors (Lipinski definition) is 1. The summed E-state index contributed by atoms with van der Waals surface area (Å²) in [6.07, 6.45) is 5.62. The second-order valence-corrected chi connectivity index (χ2v) is 8.13. The minimum atomic E-state index is -0.409. The molecule has 1 saturated carbocycles. The molecule has 0 heterocycles. The van der Waals surface area contributed by atoms with Crippen LogP contribution in [0.3, 0.4) is 0 Å². The molecule has 0 bridgehead atoms. The van der Waals surface area contributed by atoms with E-state index in [0.717, 1.165) is 18.8 Å². The van der Waals surface area contributed by atoms with Crippen LogP contribution in [0.2, 0.25) is 0 Å². The van der Waals surface area contributed by atoms with Gasteiger partial charge in [0.05, 0.1) is 0 Å². The van der Waals surface area contributed by atoms with Crippen molar-refractivity contribution in [1.82, 2.24) is 5.32 Å². The fraction of sp³-hybridized carbons (Fsp3) is 0.938. The molecule has 19 heavy (non-hydrogen) atoms. The molecule has 1 aliphatic carbocycles. The first-order valence-corrected chi connectivity index (χ1v) is 7.55. The Bertz CT molecular complexity index is 291. The lowest BCUT2D eigenvalue weighted by atomic mass is 9.76. The van der Waals surface area contributed by atoms with Crippen LogP contribution in [0.15, 0.2) is 0 Å². The van der Waals surface area contributed by atoms with Crippen LogP contribution in [0.5, 0.6) is 0 Å². The zero-order valence-electron chi connectivity index (χ0n) is 13.5. The molecule has 112 valence electrons. The second kappa shape index (κ2) is 6.15. The number of carbonyl (C=O) groups is 1. The molecule has 1 fully saturated rings. The Balaban J connectivity index is 2.29. The van der Waals surface area contributed by atoms with E-state index in [1.54, 1.807) is 0 Å². The van der Waals surface area contributed by atoms with Gasteiger partial charge in [-0.3, -0.25) is 0 Å². The monoisotopic (exact) mass is 269 g/mol. The normalized spacial score (nSPS) is 24.9. The van der Waals surface area contributed by atoms with Gasteiger partial charge in [-0.25, -0.2) is 4.79 Å². The van der Waals surface area contributed by atoms with Crippen molar-refractivity contribution in [2.45, 2.75) is 85.3 Å². The number of ether oxygens (including phenoxy) is 1. The maximum Gasteiger partial charge on any atom is 0.407 e. The summed E-state index contributed by atoms with van der Waals surface area (Å²) in [7, 11) is 0. The fourth-order valence-electron chi connectivity index (χ4n) is 2.85. The van der Waals surface area contributed by atoms with Gasteiger partial charge < -0.3 is 10.1 Å². The van der Waals surface area contributed by atoms with E-state index in [2.05, 4.69) is 26.1 Å². The van der Waals surface area contributed by atoms with E-state index in [-0.39, 0.29) is 6.09 Å². The Labute approximate surface area is 118 Å². The van der Waals surface area contributed by atoms with Gasteiger partial charge in [0.25, 0.3) is 0 Å². The minimum absolute atomic E-state index is 0.272. The van der Waals surface area contributed by atoms with E-state index in [9.17, 15) is 4.79 Å². The second-order valence-electron chi connectivity index (χ2n) is 8.13. The molecule has 1 aliphatic rings. The zero-order valence-corrected chi connectivity index (χ0v) is 13.5. The Morgan fingerprint density at radius 3 is 2.00 bits per heavy atom. The number of carbonyl (C=O) groups excluding carboxylic acids is 1. The number of amides is 1. The zero-order chi connectivity index (χ0) is 14.7. The quantitative estimate of drug-likeness (QED) is 0.801. The third-order valence-corrected chi connectivity index (χ3v) is 3.47. The van der Waals surface area contributed by atoms with E-state index < -0.39 is 5.60 Å². The van der Waals surface area contributed by atoms with Crippen molar-refractivity contribution in [3.63, 3.8) is 0 Å². The lowest BCUT2D eigenvalue weighted by molar-refractivity contribution is 0.0483. The van der Waals surface area contributed by atoms with Crippen molar-refractivity contribution >= 4 is 6.09 Å². The predicted octanol–water partition coefficient (Wildman–Crippen LogP) is 4.51. The smallest absolute Gasteiger partial charge is 0.407 e. The number of nitrogens with one attached hydrogen (secondary N) is 1. The summed E-state index contributed by atoms with van der Waals surface area (Å²) in [5, 5.41) is 3.00. The summed E-state index contributed by atoms with van der Waals surface area (Å²) in [5.74, 6) is 0.816. The Morgan fingerprint density at radius 1 is 1.05 bits per heavy atom. The summed E-state index contributed by atoms with van der Waals surface area (Å²) in [5.41, 5.74) is 0.00359. The first-order chi connectivity index (χ1) is 8.55. The largest absolute Gasteiger partial charge is 0.444 e. The van der Waals surface area contributed by atoms with Crippen LogP contribution in [0, 0.1) is 11.3 Å². The van der Waals surface area contributed by atoms with Crippen molar-refractivity contribution in [3.8, 4) is 0 Å². The molecule has 0 aromatic carbocycles. The highest BCUT2D eigenvalue weighted by atomic mass is 16.6. The van der Waals surface area contributed by atoms with Crippen LogP contribution < -0.4 is 5.32 Å². The van der Waals surface area contributed by atoms with E-state index >= 15 is 0 Å². The third-order valence-electron chi connectivity index (χ3n) is 3.47. The topological polar surface area (TPSA) is 38.3 Å². The number of hydrogen-bond acceptors (Lipinski definition) is 2. The first-order valence-electron chi connectivity index (χ1n) is 7.55. The van der Waals surface area contributed by atoms with Crippen molar-refractivity contribution in [2.24, 2.45) is 11.3 Å². The Hall–Kier alpha value is -0.730. The van der Waals surface area contributed by atoms with E-state index in [4.69, 9.17) is 4.74 Å². The van der Waals surface area contributed by atoms with Gasteiger partial charge in [-0.15, -0.1) is 0 Å². The summed E-state index contributed by atoms with van der Waals surface area (Å²) < 4.78 is 5.30. The average Bonchev–Trinajstić information content (AvgIpc) is 2.15. The number of rotatable bonds is 2. The Kier molecular flexibility index (Phi) is 5.28. The lowest BCUT2D eigenvalue weighted by Crippen LogP contribution is -2.41. The molecular formula is C16H31NO2. The molecule has 0 saturated heterocycles. The molecule has 1 N–H and O–H groups in total. The third kappa shape index (κ3) is 7.44. The maximum absolute atomic E-state index is 11.7. The summed E-state index contributed by atoms with van der Waals surface area (Å²) in [6.45, 7) is 12.6. The lowest BCUT2D eigenvalue weighted by Gasteiger charge is -2.33. The average molecular weight is 269 g/mol. The van der Waals surface area contributed by atoms with E-state index in [1.165, 1.54) is 19.3 Å². The fourth-order valence-corrected chi connectivity index (χ4v) is 2.85. The molecule has 1 rings (SSSR count). The van der Waals surface area contributed by atoms with Gasteiger partial charge in [0.1, 0.15) is 5.60 Å². The molecule has 0 aliphatic heterocycles. The molecule has 0 aromatic heterocycles. The van der Waals surface area contributed by atoms with Crippen molar-refractivity contribution in [1.29, 1.82) is 0 Å². The molecule has 0 atom stereocenters. The van der Waals surface area contributed by atoms with E-state index in [1.807, 2.05) is 20.8 Å². The predicted molar refractivity (Wildman–Crippen MR) is 79.2 cm³/mol. The molecule has 0 spiro atoms. The summed E-state index contributed by atoms with van der Waals surface area (Å²) >= 11 is 0. The molecule has 3 heteroatoms. The highest BCUT2D eigenvalue weighted by Gasteiger charge is 2.27. The number of alkyl carbamates (subject to hydrolysis) is 1. The van der Waals surface area contributed by atoms with Gasteiger partial charge in [0.15, 0.2) is 0 Å². The molecule has 0 unspecified atom stereocenters. The van der Waals surface area contributed by atoms with Gasteiger partial charge in [0.2, 0.25) is 0 Å².